The lowest BCUT2D eigenvalue weighted by molar-refractivity contribution is -0.111. The minimum Gasteiger partial charge on any atom is -0.323 e. The maximum atomic E-state index is 11.8. The van der Waals surface area contributed by atoms with E-state index in [4.69, 9.17) is 23.2 Å². The number of carbonyl (C=O) groups excluding carboxylic acids is 1. The molecule has 2 rings (SSSR count). The third kappa shape index (κ3) is 6.47. The van der Waals surface area contributed by atoms with Gasteiger partial charge in [-0.05, 0) is 47.9 Å². The first-order valence-corrected chi connectivity index (χ1v) is 8.37. The molecule has 2 nitrogen and oxygen atoms in total. The molecular weight excluding hydrogens is 329 g/mol. The van der Waals surface area contributed by atoms with E-state index in [1.807, 2.05) is 38.1 Å². The van der Waals surface area contributed by atoms with Crippen molar-refractivity contribution in [3.05, 3.63) is 69.7 Å². The topological polar surface area (TPSA) is 29.1 Å². The molecule has 2 aromatic carbocycles. The van der Waals surface area contributed by atoms with Gasteiger partial charge in [-0.2, -0.15) is 0 Å². The van der Waals surface area contributed by atoms with Crippen LogP contribution in [-0.4, -0.2) is 5.91 Å². The third-order valence-corrected chi connectivity index (χ3v) is 3.74. The maximum Gasteiger partial charge on any atom is 0.248 e. The molecule has 0 spiro atoms. The van der Waals surface area contributed by atoms with Crippen LogP contribution in [0.1, 0.15) is 31.9 Å². The van der Waals surface area contributed by atoms with Gasteiger partial charge in [0, 0.05) is 11.8 Å². The summed E-state index contributed by atoms with van der Waals surface area (Å²) in [5.41, 5.74) is 2.83. The van der Waals surface area contributed by atoms with Crippen molar-refractivity contribution in [2.45, 2.75) is 27.2 Å². The Morgan fingerprint density at radius 2 is 1.70 bits per heavy atom. The molecule has 0 aromatic heterocycles. The molecule has 1 amide bonds. The molecule has 0 aliphatic heterocycles. The van der Waals surface area contributed by atoms with Crippen LogP contribution >= 0.6 is 23.2 Å². The molecule has 0 saturated heterocycles. The van der Waals surface area contributed by atoms with Gasteiger partial charge in [0.05, 0.1) is 10.0 Å². The van der Waals surface area contributed by atoms with Crippen LogP contribution in [0.5, 0.6) is 0 Å². The van der Waals surface area contributed by atoms with Gasteiger partial charge in [-0.25, -0.2) is 0 Å². The van der Waals surface area contributed by atoms with Gasteiger partial charge < -0.3 is 5.32 Å². The van der Waals surface area contributed by atoms with E-state index in [2.05, 4.69) is 12.2 Å². The van der Waals surface area contributed by atoms with Gasteiger partial charge in [-0.15, -0.1) is 0 Å². The summed E-state index contributed by atoms with van der Waals surface area (Å²) in [4.78, 5) is 11.8. The van der Waals surface area contributed by atoms with Gasteiger partial charge in [-0.3, -0.25) is 4.79 Å². The molecule has 2 aromatic rings. The van der Waals surface area contributed by atoms with Crippen molar-refractivity contribution in [2.24, 2.45) is 0 Å². The van der Waals surface area contributed by atoms with Crippen molar-refractivity contribution in [2.75, 3.05) is 5.32 Å². The number of hydrogen-bond acceptors (Lipinski definition) is 1. The molecule has 0 heterocycles. The number of aryl methyl sites for hydroxylation is 1. The Bertz CT molecular complexity index is 664. The quantitative estimate of drug-likeness (QED) is 0.650. The van der Waals surface area contributed by atoms with Crippen LogP contribution in [0.4, 0.5) is 5.69 Å². The number of hydrogen-bond donors (Lipinski definition) is 1. The Kier molecular flexibility index (Phi) is 8.46. The predicted molar refractivity (Wildman–Crippen MR) is 101 cm³/mol. The molecule has 0 aliphatic carbocycles. The number of carbonyl (C=O) groups is 1. The molecule has 0 atom stereocenters. The third-order valence-electron chi connectivity index (χ3n) is 3.00. The second-order valence-electron chi connectivity index (χ2n) is 4.55. The van der Waals surface area contributed by atoms with Crippen molar-refractivity contribution in [1.82, 2.24) is 0 Å². The molecule has 4 heteroatoms. The van der Waals surface area contributed by atoms with E-state index in [0.29, 0.717) is 10.0 Å². The Hall–Kier alpha value is -1.77. The summed E-state index contributed by atoms with van der Waals surface area (Å²) >= 11 is 11.8. The molecular formula is C19H21Cl2NO. The van der Waals surface area contributed by atoms with Crippen LogP contribution in [0.3, 0.4) is 0 Å². The van der Waals surface area contributed by atoms with Crippen LogP contribution in [0, 0.1) is 0 Å². The molecule has 0 bridgehead atoms. The molecule has 0 radical (unpaired) electrons. The smallest absolute Gasteiger partial charge is 0.248 e. The summed E-state index contributed by atoms with van der Waals surface area (Å²) in [7, 11) is 0. The lowest BCUT2D eigenvalue weighted by atomic mass is 10.1. The number of anilines is 1. The second kappa shape index (κ2) is 10.1. The molecule has 0 aliphatic rings. The normalized spacial score (nSPS) is 10.1. The summed E-state index contributed by atoms with van der Waals surface area (Å²) in [5, 5.41) is 3.77. The summed E-state index contributed by atoms with van der Waals surface area (Å²) in [6.45, 7) is 6.09. The van der Waals surface area contributed by atoms with Crippen LogP contribution in [-0.2, 0) is 11.2 Å². The van der Waals surface area contributed by atoms with Crippen molar-refractivity contribution in [1.29, 1.82) is 0 Å². The average Bonchev–Trinajstić information content (AvgIpc) is 2.58. The SMILES string of the molecule is CC.CCc1ccc(NC(=O)/C=C/c2ccc(Cl)c(Cl)c2)cc1. The number of halogens is 2. The zero-order chi connectivity index (χ0) is 17.2. The van der Waals surface area contributed by atoms with E-state index >= 15 is 0 Å². The first-order chi connectivity index (χ1) is 11.1. The Morgan fingerprint density at radius 3 is 2.26 bits per heavy atom. The first kappa shape index (κ1) is 19.3. The van der Waals surface area contributed by atoms with Gasteiger partial charge in [0.2, 0.25) is 5.91 Å². The van der Waals surface area contributed by atoms with Crippen LogP contribution < -0.4 is 5.32 Å². The molecule has 0 saturated carbocycles. The van der Waals surface area contributed by atoms with Crippen LogP contribution in [0.2, 0.25) is 10.0 Å². The zero-order valence-electron chi connectivity index (χ0n) is 13.6. The molecule has 23 heavy (non-hydrogen) atoms. The lowest BCUT2D eigenvalue weighted by Gasteiger charge is -2.03. The van der Waals surface area contributed by atoms with Gasteiger partial charge >= 0.3 is 0 Å². The maximum absolute atomic E-state index is 11.8. The van der Waals surface area contributed by atoms with E-state index in [-0.39, 0.29) is 5.91 Å². The van der Waals surface area contributed by atoms with E-state index in [9.17, 15) is 4.79 Å². The summed E-state index contributed by atoms with van der Waals surface area (Å²) < 4.78 is 0. The van der Waals surface area contributed by atoms with Gasteiger partial charge in [0.1, 0.15) is 0 Å². The van der Waals surface area contributed by atoms with Gasteiger partial charge in [0.25, 0.3) is 0 Å². The van der Waals surface area contributed by atoms with Gasteiger partial charge in [0.15, 0.2) is 0 Å². The largest absolute Gasteiger partial charge is 0.323 e. The highest BCUT2D eigenvalue weighted by Gasteiger charge is 2.00. The summed E-state index contributed by atoms with van der Waals surface area (Å²) in [5.74, 6) is -0.190. The fourth-order valence-corrected chi connectivity index (χ4v) is 2.10. The number of amides is 1. The number of rotatable bonds is 4. The number of nitrogens with one attached hydrogen (secondary N) is 1. The predicted octanol–water partition coefficient (Wildman–Crippen LogP) is 6.23. The minimum atomic E-state index is -0.190. The van der Waals surface area contributed by atoms with E-state index in [1.54, 1.807) is 24.3 Å². The molecule has 1 N–H and O–H groups in total. The number of benzene rings is 2. The first-order valence-electron chi connectivity index (χ1n) is 7.61. The summed E-state index contributed by atoms with van der Waals surface area (Å²) in [6.07, 6.45) is 4.14. The lowest BCUT2D eigenvalue weighted by Crippen LogP contribution is -2.07. The van der Waals surface area contributed by atoms with Crippen molar-refractivity contribution >= 4 is 40.9 Å². The Morgan fingerprint density at radius 1 is 1.04 bits per heavy atom. The van der Waals surface area contributed by atoms with E-state index in [0.717, 1.165) is 17.7 Å². The minimum absolute atomic E-state index is 0.190. The second-order valence-corrected chi connectivity index (χ2v) is 5.36. The Balaban J connectivity index is 0.00000127. The van der Waals surface area contributed by atoms with Crippen LogP contribution in [0.25, 0.3) is 6.08 Å². The van der Waals surface area contributed by atoms with E-state index in [1.165, 1.54) is 11.6 Å². The molecule has 122 valence electrons. The van der Waals surface area contributed by atoms with Crippen LogP contribution in [0.15, 0.2) is 48.5 Å². The van der Waals surface area contributed by atoms with E-state index < -0.39 is 0 Å². The molecule has 0 unspecified atom stereocenters. The summed E-state index contributed by atoms with van der Waals surface area (Å²) in [6, 6.07) is 13.0. The average molecular weight is 350 g/mol. The highest BCUT2D eigenvalue weighted by Crippen LogP contribution is 2.23. The van der Waals surface area contributed by atoms with Crippen molar-refractivity contribution in [3.63, 3.8) is 0 Å². The highest BCUT2D eigenvalue weighted by molar-refractivity contribution is 6.42. The zero-order valence-corrected chi connectivity index (χ0v) is 15.1. The van der Waals surface area contributed by atoms with Crippen molar-refractivity contribution in [3.8, 4) is 0 Å². The Labute approximate surface area is 148 Å². The van der Waals surface area contributed by atoms with Gasteiger partial charge in [-0.1, -0.05) is 62.2 Å². The van der Waals surface area contributed by atoms with Crippen molar-refractivity contribution < 1.29 is 4.79 Å². The fourth-order valence-electron chi connectivity index (χ4n) is 1.80. The molecule has 0 fully saturated rings. The monoisotopic (exact) mass is 349 g/mol. The highest BCUT2D eigenvalue weighted by atomic mass is 35.5. The standard InChI is InChI=1S/C17H15Cl2NO.C2H6/c1-2-12-3-7-14(8-4-12)20-17(21)10-6-13-5-9-15(18)16(19)11-13;1-2/h3-11H,2H2,1H3,(H,20,21);1-2H3/b10-6+;. The fraction of sp³-hybridized carbons (Fsp3) is 0.211.